The van der Waals surface area contributed by atoms with Crippen LogP contribution in [0.2, 0.25) is 0 Å². The first-order chi connectivity index (χ1) is 16.4. The maximum atomic E-state index is 14.2. The van der Waals surface area contributed by atoms with Crippen molar-refractivity contribution >= 4 is 23.0 Å². The summed E-state index contributed by atoms with van der Waals surface area (Å²) in [6.45, 7) is 5.92. The van der Waals surface area contributed by atoms with E-state index in [9.17, 15) is 14.0 Å². The first kappa shape index (κ1) is 26.4. The van der Waals surface area contributed by atoms with Crippen LogP contribution in [0.3, 0.4) is 0 Å². The predicted octanol–water partition coefficient (Wildman–Crippen LogP) is 4.31. The minimum atomic E-state index is -0.959. The van der Waals surface area contributed by atoms with Crippen LogP contribution in [0, 0.1) is 12.8 Å². The molecule has 180 valence electrons. The molecule has 0 radical (unpaired) electrons. The number of aromatic nitrogens is 2. The average Bonchev–Trinajstić information content (AvgIpc) is 3.47. The molecule has 2 atom stereocenters. The molecule has 2 heterocycles. The molecule has 0 aliphatic heterocycles. The zero-order valence-corrected chi connectivity index (χ0v) is 19.8. The molecule has 1 aliphatic rings. The van der Waals surface area contributed by atoms with Crippen molar-refractivity contribution in [2.45, 2.75) is 58.8 Å². The van der Waals surface area contributed by atoms with E-state index in [0.29, 0.717) is 30.6 Å². The van der Waals surface area contributed by atoms with Crippen molar-refractivity contribution < 1.29 is 14.0 Å². The highest BCUT2D eigenvalue weighted by Gasteiger charge is 2.29. The van der Waals surface area contributed by atoms with Gasteiger partial charge in [0, 0.05) is 25.2 Å². The molecule has 1 aromatic carbocycles. The van der Waals surface area contributed by atoms with Crippen molar-refractivity contribution in [2.75, 3.05) is 5.32 Å². The quantitative estimate of drug-likeness (QED) is 0.472. The van der Waals surface area contributed by atoms with E-state index in [1.807, 2.05) is 50.4 Å². The summed E-state index contributed by atoms with van der Waals surface area (Å²) in [5.41, 5.74) is 9.76. The van der Waals surface area contributed by atoms with Crippen LogP contribution in [-0.2, 0) is 11.3 Å². The highest BCUT2D eigenvalue weighted by Crippen LogP contribution is 2.32. The summed E-state index contributed by atoms with van der Waals surface area (Å²) in [5.74, 6) is -0.701. The van der Waals surface area contributed by atoms with Crippen molar-refractivity contribution in [3.8, 4) is 24.0 Å². The molecule has 7 nitrogen and oxygen atoms in total. The van der Waals surface area contributed by atoms with Crippen LogP contribution >= 0.6 is 0 Å². The van der Waals surface area contributed by atoms with Crippen LogP contribution in [0.4, 0.5) is 10.1 Å². The Morgan fingerprint density at radius 1 is 1.21 bits per heavy atom. The molecule has 1 aliphatic carbocycles. The molecule has 1 saturated carbocycles. The Labute approximate surface area is 199 Å². The van der Waals surface area contributed by atoms with Gasteiger partial charge in [-0.25, -0.2) is 8.91 Å². The van der Waals surface area contributed by atoms with Crippen molar-refractivity contribution in [2.24, 2.45) is 5.73 Å². The molecular formula is C26H32FN5O2. The molecule has 1 fully saturated rings. The molecule has 0 bridgehead atoms. The van der Waals surface area contributed by atoms with Crippen LogP contribution in [0.15, 0.2) is 42.7 Å². The van der Waals surface area contributed by atoms with E-state index in [4.69, 9.17) is 5.73 Å². The summed E-state index contributed by atoms with van der Waals surface area (Å²) in [6.07, 6.45) is 12.3. The number of alkyl halides is 1. The second-order valence-corrected chi connectivity index (χ2v) is 7.66. The Kier molecular flexibility index (Phi) is 9.62. The van der Waals surface area contributed by atoms with Gasteiger partial charge < -0.3 is 16.4 Å². The average molecular weight is 466 g/mol. The van der Waals surface area contributed by atoms with Gasteiger partial charge >= 0.3 is 0 Å². The van der Waals surface area contributed by atoms with Gasteiger partial charge in [-0.1, -0.05) is 32.0 Å². The van der Waals surface area contributed by atoms with Gasteiger partial charge in [-0.15, -0.1) is 12.8 Å². The Morgan fingerprint density at radius 2 is 1.94 bits per heavy atom. The lowest BCUT2D eigenvalue weighted by Gasteiger charge is -2.19. The summed E-state index contributed by atoms with van der Waals surface area (Å²) >= 11 is 0. The van der Waals surface area contributed by atoms with Gasteiger partial charge in [-0.05, 0) is 42.5 Å². The van der Waals surface area contributed by atoms with Crippen LogP contribution < -0.4 is 16.4 Å². The van der Waals surface area contributed by atoms with E-state index in [1.165, 1.54) is 13.1 Å². The maximum absolute atomic E-state index is 14.2. The third kappa shape index (κ3) is 6.13. The molecule has 0 spiro atoms. The van der Waals surface area contributed by atoms with E-state index >= 15 is 0 Å². The highest BCUT2D eigenvalue weighted by molar-refractivity contribution is 6.02. The monoisotopic (exact) mass is 465 g/mol. The topological polar surface area (TPSA) is 102 Å². The Morgan fingerprint density at radius 3 is 2.56 bits per heavy atom. The van der Waals surface area contributed by atoms with E-state index in [2.05, 4.69) is 28.6 Å². The van der Waals surface area contributed by atoms with Gasteiger partial charge in [0.05, 0.1) is 29.0 Å². The Bertz CT molecular complexity index is 1150. The van der Waals surface area contributed by atoms with E-state index in [-0.39, 0.29) is 17.5 Å². The number of fused-ring (bicyclic) bond motifs is 1. The van der Waals surface area contributed by atoms with Crippen molar-refractivity contribution in [3.63, 3.8) is 0 Å². The summed E-state index contributed by atoms with van der Waals surface area (Å²) < 4.78 is 15.9. The minimum absolute atomic E-state index is 0.0908. The van der Waals surface area contributed by atoms with E-state index in [0.717, 1.165) is 23.1 Å². The van der Waals surface area contributed by atoms with Crippen LogP contribution in [0.25, 0.3) is 16.6 Å². The predicted molar refractivity (Wildman–Crippen MR) is 134 cm³/mol. The van der Waals surface area contributed by atoms with Crippen LogP contribution in [0.1, 0.15) is 56.0 Å². The lowest BCUT2D eigenvalue weighted by molar-refractivity contribution is -0.119. The van der Waals surface area contributed by atoms with Crippen molar-refractivity contribution in [1.29, 1.82) is 0 Å². The number of benzene rings is 1. The first-order valence-electron chi connectivity index (χ1n) is 11.3. The fourth-order valence-corrected chi connectivity index (χ4v) is 3.90. The zero-order chi connectivity index (χ0) is 25.3. The van der Waals surface area contributed by atoms with Gasteiger partial charge in [0.1, 0.15) is 6.17 Å². The Balaban J connectivity index is 0.000000970. The fourth-order valence-electron chi connectivity index (χ4n) is 3.90. The molecule has 3 aromatic rings. The van der Waals surface area contributed by atoms with Crippen molar-refractivity contribution in [3.05, 3.63) is 53.9 Å². The summed E-state index contributed by atoms with van der Waals surface area (Å²) in [6, 6.07) is 9.36. The van der Waals surface area contributed by atoms with Gasteiger partial charge in [0.25, 0.3) is 5.91 Å². The number of amides is 2. The number of carbonyl (C=O) groups excluding carboxylic acids is 2. The maximum Gasteiger partial charge on any atom is 0.252 e. The summed E-state index contributed by atoms with van der Waals surface area (Å²) in [7, 11) is 0. The molecular weight excluding hydrogens is 433 g/mol. The number of rotatable bonds is 6. The SMILES string of the molecule is C#C.CC.CC(=O)NCc1cccc(-c2cc3c(N[C@@H]4CCC[C@@H]4F)c(C(N)=O)cnn3c2)c1. The molecule has 2 aromatic heterocycles. The smallest absolute Gasteiger partial charge is 0.252 e. The van der Waals surface area contributed by atoms with Gasteiger partial charge in [0.2, 0.25) is 5.91 Å². The van der Waals surface area contributed by atoms with E-state index < -0.39 is 12.1 Å². The first-order valence-corrected chi connectivity index (χ1v) is 11.3. The third-order valence-electron chi connectivity index (χ3n) is 5.47. The van der Waals surface area contributed by atoms with Crippen molar-refractivity contribution in [1.82, 2.24) is 14.9 Å². The molecule has 0 saturated heterocycles. The number of hydrogen-bond donors (Lipinski definition) is 3. The minimum Gasteiger partial charge on any atom is -0.377 e. The number of terminal acetylenes is 1. The number of carbonyl (C=O) groups is 2. The Hall–Kier alpha value is -3.86. The second kappa shape index (κ2) is 12.4. The highest BCUT2D eigenvalue weighted by atomic mass is 19.1. The largest absolute Gasteiger partial charge is 0.377 e. The number of nitrogens with two attached hydrogens (primary N) is 1. The van der Waals surface area contributed by atoms with Crippen LogP contribution in [0.5, 0.6) is 0 Å². The van der Waals surface area contributed by atoms with Gasteiger partial charge in [-0.2, -0.15) is 5.10 Å². The normalized spacial score (nSPS) is 16.5. The molecule has 34 heavy (non-hydrogen) atoms. The summed E-state index contributed by atoms with van der Waals surface area (Å²) in [4.78, 5) is 23.2. The number of halogens is 1. The molecule has 0 unspecified atom stereocenters. The molecule has 8 heteroatoms. The number of hydrogen-bond acceptors (Lipinski definition) is 4. The zero-order valence-electron chi connectivity index (χ0n) is 19.8. The second-order valence-electron chi connectivity index (χ2n) is 7.66. The third-order valence-corrected chi connectivity index (χ3v) is 5.47. The lowest BCUT2D eigenvalue weighted by atomic mass is 10.1. The standard InChI is InChI=1S/C22H24FN5O2.C2H6.C2H2/c1-13(29)25-10-14-4-2-5-15(8-14)16-9-20-21(27-19-7-3-6-18(19)23)17(22(24)30)11-26-28(20)12-16;2*1-2/h2,4-5,8-9,11-12,18-19,27H,3,6-7,10H2,1H3,(H2,24,30)(H,25,29);1-2H3;1-2H/t18-,19+;;/m0../s1. The van der Waals surface area contributed by atoms with Gasteiger partial charge in [0.15, 0.2) is 0 Å². The molecule has 4 rings (SSSR count). The number of anilines is 1. The number of nitrogens with one attached hydrogen (secondary N) is 2. The van der Waals surface area contributed by atoms with E-state index in [1.54, 1.807) is 4.52 Å². The number of nitrogens with zero attached hydrogens (tertiary/aromatic N) is 2. The molecule has 2 amide bonds. The fraction of sp³-hybridized carbons (Fsp3) is 0.346. The summed E-state index contributed by atoms with van der Waals surface area (Å²) in [5, 5.41) is 10.3. The van der Waals surface area contributed by atoms with Gasteiger partial charge in [-0.3, -0.25) is 9.59 Å². The molecule has 4 N–H and O–H groups in total. The number of primary amides is 1. The van der Waals surface area contributed by atoms with Crippen LogP contribution in [-0.4, -0.2) is 33.6 Å². The lowest BCUT2D eigenvalue weighted by Crippen LogP contribution is -2.27.